The normalized spacial score (nSPS) is 9.19. The first-order chi connectivity index (χ1) is 7.72. The summed E-state index contributed by atoms with van der Waals surface area (Å²) in [5.74, 6) is 2.82. The van der Waals surface area contributed by atoms with Crippen LogP contribution in [0.2, 0.25) is 0 Å². The number of terminal acetylenes is 1. The van der Waals surface area contributed by atoms with Crippen LogP contribution in [-0.2, 0) is 4.79 Å². The van der Waals surface area contributed by atoms with Crippen LogP contribution in [0.25, 0.3) is 0 Å². The summed E-state index contributed by atoms with van der Waals surface area (Å²) in [6.07, 6.45) is 5.08. The molecule has 0 heterocycles. The van der Waals surface area contributed by atoms with E-state index in [1.807, 2.05) is 0 Å². The number of carbonyl (C=O) groups is 1. The minimum atomic E-state index is -0.164. The lowest BCUT2D eigenvalue weighted by molar-refractivity contribution is -0.120. The Kier molecular flexibility index (Phi) is 4.74. The summed E-state index contributed by atoms with van der Waals surface area (Å²) in [5.41, 5.74) is 6.21. The number of nitrogen functional groups attached to an aromatic ring is 1. The minimum Gasteiger partial charge on any atom is -0.492 e. The first kappa shape index (κ1) is 11.9. The van der Waals surface area contributed by atoms with Gasteiger partial charge in [-0.1, -0.05) is 5.92 Å². The molecule has 4 nitrogen and oxygen atoms in total. The van der Waals surface area contributed by atoms with Crippen molar-refractivity contribution in [2.75, 3.05) is 18.9 Å². The zero-order valence-corrected chi connectivity index (χ0v) is 8.90. The fourth-order valence-electron chi connectivity index (χ4n) is 1.08. The van der Waals surface area contributed by atoms with E-state index in [1.54, 1.807) is 24.3 Å². The Labute approximate surface area is 94.8 Å². The summed E-state index contributed by atoms with van der Waals surface area (Å²) in [7, 11) is 0. The van der Waals surface area contributed by atoms with Gasteiger partial charge in [0.1, 0.15) is 12.4 Å². The van der Waals surface area contributed by atoms with Crippen molar-refractivity contribution in [2.24, 2.45) is 0 Å². The van der Waals surface area contributed by atoms with Crippen molar-refractivity contribution in [3.63, 3.8) is 0 Å². The van der Waals surface area contributed by atoms with Gasteiger partial charge >= 0.3 is 0 Å². The lowest BCUT2D eigenvalue weighted by atomic mass is 10.3. The van der Waals surface area contributed by atoms with Crippen molar-refractivity contribution in [1.29, 1.82) is 0 Å². The highest BCUT2D eigenvalue weighted by molar-refractivity contribution is 5.78. The van der Waals surface area contributed by atoms with Crippen molar-refractivity contribution in [1.82, 2.24) is 5.32 Å². The number of anilines is 1. The Morgan fingerprint density at radius 1 is 1.44 bits per heavy atom. The molecule has 1 aromatic carbocycles. The lowest BCUT2D eigenvalue weighted by Crippen LogP contribution is -2.27. The third-order valence-corrected chi connectivity index (χ3v) is 1.84. The van der Waals surface area contributed by atoms with E-state index in [1.165, 1.54) is 0 Å². The number of benzene rings is 1. The van der Waals surface area contributed by atoms with Crippen molar-refractivity contribution in [3.8, 4) is 18.1 Å². The number of ether oxygens (including phenoxy) is 1. The predicted octanol–water partition coefficient (Wildman–Crippen LogP) is 0.787. The number of amides is 1. The van der Waals surface area contributed by atoms with Gasteiger partial charge in [-0.25, -0.2) is 0 Å². The van der Waals surface area contributed by atoms with E-state index in [9.17, 15) is 4.79 Å². The van der Waals surface area contributed by atoms with E-state index in [2.05, 4.69) is 11.2 Å². The van der Waals surface area contributed by atoms with E-state index in [4.69, 9.17) is 16.9 Å². The first-order valence-corrected chi connectivity index (χ1v) is 4.91. The van der Waals surface area contributed by atoms with Gasteiger partial charge in [0.05, 0.1) is 13.0 Å². The number of hydrogen-bond acceptors (Lipinski definition) is 3. The van der Waals surface area contributed by atoms with Crippen molar-refractivity contribution in [2.45, 2.75) is 6.42 Å². The molecule has 0 fully saturated rings. The zero-order chi connectivity index (χ0) is 11.8. The average molecular weight is 218 g/mol. The number of carbonyl (C=O) groups excluding carboxylic acids is 1. The van der Waals surface area contributed by atoms with Crippen molar-refractivity contribution >= 4 is 11.6 Å². The molecule has 0 saturated carbocycles. The molecule has 16 heavy (non-hydrogen) atoms. The van der Waals surface area contributed by atoms with Gasteiger partial charge in [0.25, 0.3) is 0 Å². The first-order valence-electron chi connectivity index (χ1n) is 4.91. The molecule has 0 saturated heterocycles. The second-order valence-corrected chi connectivity index (χ2v) is 3.15. The third kappa shape index (κ3) is 4.38. The van der Waals surface area contributed by atoms with Crippen LogP contribution in [0.4, 0.5) is 5.69 Å². The molecule has 0 unspecified atom stereocenters. The van der Waals surface area contributed by atoms with Crippen LogP contribution in [0.15, 0.2) is 24.3 Å². The highest BCUT2D eigenvalue weighted by atomic mass is 16.5. The molecule has 0 aromatic heterocycles. The van der Waals surface area contributed by atoms with E-state index in [-0.39, 0.29) is 12.3 Å². The number of hydrogen-bond donors (Lipinski definition) is 2. The SMILES string of the molecule is C#CCC(=O)NCCOc1ccc(N)cc1. The molecule has 84 valence electrons. The highest BCUT2D eigenvalue weighted by Gasteiger charge is 1.97. The van der Waals surface area contributed by atoms with Gasteiger partial charge in [0.15, 0.2) is 0 Å². The fourth-order valence-corrected chi connectivity index (χ4v) is 1.08. The zero-order valence-electron chi connectivity index (χ0n) is 8.90. The second-order valence-electron chi connectivity index (χ2n) is 3.15. The van der Waals surface area contributed by atoms with Gasteiger partial charge in [-0.3, -0.25) is 4.79 Å². The Morgan fingerprint density at radius 3 is 2.75 bits per heavy atom. The molecule has 0 spiro atoms. The molecule has 0 aliphatic carbocycles. The van der Waals surface area contributed by atoms with Crippen molar-refractivity contribution < 1.29 is 9.53 Å². The summed E-state index contributed by atoms with van der Waals surface area (Å²) < 4.78 is 5.37. The quantitative estimate of drug-likeness (QED) is 0.436. The molecule has 0 aliphatic rings. The second kappa shape index (κ2) is 6.36. The molecule has 0 aliphatic heterocycles. The highest BCUT2D eigenvalue weighted by Crippen LogP contribution is 2.12. The van der Waals surface area contributed by atoms with Crippen LogP contribution >= 0.6 is 0 Å². The van der Waals surface area contributed by atoms with Crippen LogP contribution in [0.5, 0.6) is 5.75 Å². The summed E-state index contributed by atoms with van der Waals surface area (Å²) >= 11 is 0. The van der Waals surface area contributed by atoms with Gasteiger partial charge in [0, 0.05) is 5.69 Å². The fraction of sp³-hybridized carbons (Fsp3) is 0.250. The maximum Gasteiger partial charge on any atom is 0.232 e. The van der Waals surface area contributed by atoms with Gasteiger partial charge in [-0.05, 0) is 24.3 Å². The predicted molar refractivity (Wildman–Crippen MR) is 62.8 cm³/mol. The van der Waals surface area contributed by atoms with Gasteiger partial charge in [-0.15, -0.1) is 6.42 Å². The smallest absolute Gasteiger partial charge is 0.232 e. The Bertz CT molecular complexity index is 379. The summed E-state index contributed by atoms with van der Waals surface area (Å²) in [5, 5.41) is 2.63. The number of rotatable bonds is 5. The molecule has 0 bridgehead atoms. The molecular weight excluding hydrogens is 204 g/mol. The Balaban J connectivity index is 2.19. The summed E-state index contributed by atoms with van der Waals surface area (Å²) in [6, 6.07) is 7.07. The monoisotopic (exact) mass is 218 g/mol. The maximum atomic E-state index is 11.0. The molecule has 1 rings (SSSR count). The van der Waals surface area contributed by atoms with Crippen LogP contribution in [0, 0.1) is 12.3 Å². The number of nitrogens with two attached hydrogens (primary N) is 1. The topological polar surface area (TPSA) is 64.3 Å². The van der Waals surface area contributed by atoms with E-state index >= 15 is 0 Å². The van der Waals surface area contributed by atoms with E-state index in [0.717, 1.165) is 5.75 Å². The molecular formula is C12H14N2O2. The van der Waals surface area contributed by atoms with E-state index in [0.29, 0.717) is 18.8 Å². The third-order valence-electron chi connectivity index (χ3n) is 1.84. The summed E-state index contributed by atoms with van der Waals surface area (Å²) in [6.45, 7) is 0.838. The average Bonchev–Trinajstić information content (AvgIpc) is 2.27. The van der Waals surface area contributed by atoms with Crippen LogP contribution < -0.4 is 15.8 Å². The summed E-state index contributed by atoms with van der Waals surface area (Å²) in [4.78, 5) is 11.0. The molecule has 3 N–H and O–H groups in total. The van der Waals surface area contributed by atoms with Crippen LogP contribution in [0.3, 0.4) is 0 Å². The Morgan fingerprint density at radius 2 is 2.12 bits per heavy atom. The molecule has 4 heteroatoms. The van der Waals surface area contributed by atoms with Gasteiger partial charge in [-0.2, -0.15) is 0 Å². The molecule has 0 radical (unpaired) electrons. The Hall–Kier alpha value is -2.15. The number of nitrogens with one attached hydrogen (secondary N) is 1. The van der Waals surface area contributed by atoms with Crippen molar-refractivity contribution in [3.05, 3.63) is 24.3 Å². The molecule has 1 aromatic rings. The van der Waals surface area contributed by atoms with Gasteiger partial charge < -0.3 is 15.8 Å². The molecule has 0 atom stereocenters. The van der Waals surface area contributed by atoms with Crippen LogP contribution in [-0.4, -0.2) is 19.1 Å². The van der Waals surface area contributed by atoms with E-state index < -0.39 is 0 Å². The van der Waals surface area contributed by atoms with Crippen LogP contribution in [0.1, 0.15) is 6.42 Å². The van der Waals surface area contributed by atoms with Gasteiger partial charge in [0.2, 0.25) is 5.91 Å². The standard InChI is InChI=1S/C12H14N2O2/c1-2-3-12(15)14-8-9-16-11-6-4-10(13)5-7-11/h1,4-7H,3,8-9,13H2,(H,14,15). The minimum absolute atomic E-state index is 0.0991. The maximum absolute atomic E-state index is 11.0. The largest absolute Gasteiger partial charge is 0.492 e. The lowest BCUT2D eigenvalue weighted by Gasteiger charge is -2.06. The molecule has 1 amide bonds.